The molecule has 3 fully saturated rings. The molecule has 0 saturated carbocycles. The molecule has 6 nitrogen and oxygen atoms in total. The molecule has 3 aliphatic rings. The number of rotatable bonds is 5. The molecule has 0 aliphatic carbocycles. The first kappa shape index (κ1) is 18.6. The van der Waals surface area contributed by atoms with Gasteiger partial charge in [0.2, 0.25) is 11.8 Å². The molecular weight excluding hydrogens is 352 g/mol. The van der Waals surface area contributed by atoms with Crippen LogP contribution in [0.4, 0.5) is 5.69 Å². The quantitative estimate of drug-likeness (QED) is 0.869. The Balaban J connectivity index is 1.44. The normalized spacial score (nSPS) is 22.2. The van der Waals surface area contributed by atoms with Crippen LogP contribution >= 0.6 is 0 Å². The van der Waals surface area contributed by atoms with Crippen molar-refractivity contribution in [2.45, 2.75) is 38.9 Å². The van der Waals surface area contributed by atoms with E-state index in [1.807, 2.05) is 47.4 Å². The number of hydrogen-bond donors (Lipinski definition) is 1. The SMILES string of the molecule is CC(=O)Nc1ccc(CN2C[C@@H]3CC[C@H](C2)N(Cc2ccccn2)C3=O)cc1. The highest BCUT2D eigenvalue weighted by Gasteiger charge is 2.40. The van der Waals surface area contributed by atoms with Gasteiger partial charge in [0.25, 0.3) is 0 Å². The first-order chi connectivity index (χ1) is 13.6. The second kappa shape index (κ2) is 8.10. The van der Waals surface area contributed by atoms with Crippen molar-refractivity contribution in [3.05, 3.63) is 59.9 Å². The van der Waals surface area contributed by atoms with Crippen LogP contribution in [-0.4, -0.2) is 45.7 Å². The monoisotopic (exact) mass is 378 g/mol. The molecule has 1 aromatic heterocycles. The second-order valence-corrected chi connectivity index (χ2v) is 7.79. The van der Waals surface area contributed by atoms with Gasteiger partial charge in [-0.3, -0.25) is 19.5 Å². The minimum atomic E-state index is -0.0663. The minimum absolute atomic E-state index is 0.0663. The van der Waals surface area contributed by atoms with Crippen LogP contribution in [-0.2, 0) is 22.7 Å². The van der Waals surface area contributed by atoms with Gasteiger partial charge in [-0.25, -0.2) is 0 Å². The number of nitrogens with one attached hydrogen (secondary N) is 1. The number of benzene rings is 1. The van der Waals surface area contributed by atoms with Gasteiger partial charge in [-0.05, 0) is 42.7 Å². The maximum Gasteiger partial charge on any atom is 0.227 e. The number of carbonyl (C=O) groups excluding carboxylic acids is 2. The zero-order valence-corrected chi connectivity index (χ0v) is 16.2. The number of fused-ring (bicyclic) bond motifs is 4. The van der Waals surface area contributed by atoms with Gasteiger partial charge in [-0.2, -0.15) is 0 Å². The third kappa shape index (κ3) is 4.22. The van der Waals surface area contributed by atoms with Crippen molar-refractivity contribution in [3.63, 3.8) is 0 Å². The van der Waals surface area contributed by atoms with E-state index >= 15 is 0 Å². The smallest absolute Gasteiger partial charge is 0.227 e. The molecule has 0 unspecified atom stereocenters. The van der Waals surface area contributed by atoms with Crippen LogP contribution in [0.5, 0.6) is 0 Å². The van der Waals surface area contributed by atoms with Crippen LogP contribution in [0.2, 0.25) is 0 Å². The van der Waals surface area contributed by atoms with Gasteiger partial charge in [0, 0.05) is 44.5 Å². The van der Waals surface area contributed by atoms with Crippen molar-refractivity contribution in [2.75, 3.05) is 18.4 Å². The molecule has 1 aromatic carbocycles. The fourth-order valence-corrected chi connectivity index (χ4v) is 4.29. The standard InChI is InChI=1S/C22H26N4O2/c1-16(27)24-19-8-5-17(6-9-19)12-25-13-18-7-10-21(15-25)26(22(18)28)14-20-4-2-3-11-23-20/h2-6,8-9,11,18,21H,7,10,12-15H2,1H3,(H,24,27)/t18-,21+/m0/s1. The summed E-state index contributed by atoms with van der Waals surface area (Å²) in [5.41, 5.74) is 2.95. The largest absolute Gasteiger partial charge is 0.332 e. The van der Waals surface area contributed by atoms with Gasteiger partial charge in [0.15, 0.2) is 0 Å². The lowest BCUT2D eigenvalue weighted by molar-refractivity contribution is -0.140. The van der Waals surface area contributed by atoms with E-state index in [9.17, 15) is 9.59 Å². The minimum Gasteiger partial charge on any atom is -0.332 e. The summed E-state index contributed by atoms with van der Waals surface area (Å²) < 4.78 is 0. The highest BCUT2D eigenvalue weighted by molar-refractivity contribution is 5.88. The predicted molar refractivity (Wildman–Crippen MR) is 107 cm³/mol. The van der Waals surface area contributed by atoms with E-state index in [1.54, 1.807) is 6.20 Å². The lowest BCUT2D eigenvalue weighted by atomic mass is 9.94. The number of anilines is 1. The number of nitrogens with zero attached hydrogens (tertiary/aromatic N) is 3. The third-order valence-electron chi connectivity index (χ3n) is 5.61. The van der Waals surface area contributed by atoms with Gasteiger partial charge in [0.1, 0.15) is 0 Å². The van der Waals surface area contributed by atoms with Gasteiger partial charge >= 0.3 is 0 Å². The zero-order valence-electron chi connectivity index (χ0n) is 16.2. The maximum atomic E-state index is 13.0. The molecule has 3 aliphatic heterocycles. The topological polar surface area (TPSA) is 65.5 Å². The van der Waals surface area contributed by atoms with Crippen molar-refractivity contribution in [1.29, 1.82) is 0 Å². The Morgan fingerprint density at radius 1 is 1.11 bits per heavy atom. The van der Waals surface area contributed by atoms with E-state index in [0.29, 0.717) is 6.54 Å². The average molecular weight is 378 g/mol. The average Bonchev–Trinajstić information content (AvgIpc) is 2.95. The summed E-state index contributed by atoms with van der Waals surface area (Å²) in [4.78, 5) is 33.0. The molecule has 28 heavy (non-hydrogen) atoms. The molecule has 5 rings (SSSR count). The van der Waals surface area contributed by atoms with Gasteiger partial charge in [0.05, 0.1) is 18.2 Å². The van der Waals surface area contributed by atoms with Gasteiger partial charge < -0.3 is 10.2 Å². The fourth-order valence-electron chi connectivity index (χ4n) is 4.29. The number of hydrogen-bond acceptors (Lipinski definition) is 4. The van der Waals surface area contributed by atoms with Gasteiger partial charge in [-0.15, -0.1) is 0 Å². The van der Waals surface area contributed by atoms with Crippen LogP contribution in [0, 0.1) is 5.92 Å². The molecule has 146 valence electrons. The van der Waals surface area contributed by atoms with E-state index in [2.05, 4.69) is 15.2 Å². The van der Waals surface area contributed by atoms with Crippen LogP contribution in [0.1, 0.15) is 31.0 Å². The predicted octanol–water partition coefficient (Wildman–Crippen LogP) is 2.66. The van der Waals surface area contributed by atoms with Gasteiger partial charge in [-0.1, -0.05) is 18.2 Å². The highest BCUT2D eigenvalue weighted by Crippen LogP contribution is 2.31. The molecule has 0 radical (unpaired) electrons. The first-order valence-corrected chi connectivity index (χ1v) is 9.88. The van der Waals surface area contributed by atoms with Crippen molar-refractivity contribution < 1.29 is 9.59 Å². The molecule has 0 spiro atoms. The Morgan fingerprint density at radius 2 is 1.93 bits per heavy atom. The summed E-state index contributed by atoms with van der Waals surface area (Å²) in [5.74, 6) is 0.273. The molecular formula is C22H26N4O2. The summed E-state index contributed by atoms with van der Waals surface area (Å²) in [5, 5.41) is 2.79. The summed E-state index contributed by atoms with van der Waals surface area (Å²) in [7, 11) is 0. The van der Waals surface area contributed by atoms with E-state index < -0.39 is 0 Å². The Labute approximate surface area is 165 Å². The molecule has 2 amide bonds. The Bertz CT molecular complexity index is 837. The molecule has 4 heterocycles. The van der Waals surface area contributed by atoms with E-state index in [1.165, 1.54) is 12.5 Å². The number of amides is 2. The van der Waals surface area contributed by atoms with Crippen molar-refractivity contribution in [2.24, 2.45) is 5.92 Å². The lowest BCUT2D eigenvalue weighted by Gasteiger charge is -2.35. The van der Waals surface area contributed by atoms with Crippen molar-refractivity contribution in [1.82, 2.24) is 14.8 Å². The Kier molecular flexibility index (Phi) is 5.39. The number of piperidine rings is 1. The van der Waals surface area contributed by atoms with Crippen LogP contribution in [0.25, 0.3) is 0 Å². The third-order valence-corrected chi connectivity index (χ3v) is 5.61. The van der Waals surface area contributed by atoms with E-state index in [0.717, 1.165) is 43.9 Å². The van der Waals surface area contributed by atoms with Crippen LogP contribution < -0.4 is 5.32 Å². The highest BCUT2D eigenvalue weighted by atomic mass is 16.2. The summed E-state index contributed by atoms with van der Waals surface area (Å²) in [6.07, 6.45) is 3.81. The molecule has 3 saturated heterocycles. The number of pyridine rings is 1. The number of carbonyl (C=O) groups is 2. The maximum absolute atomic E-state index is 13.0. The van der Waals surface area contributed by atoms with Crippen LogP contribution in [0.3, 0.4) is 0 Å². The zero-order chi connectivity index (χ0) is 19.5. The Morgan fingerprint density at radius 3 is 2.64 bits per heavy atom. The second-order valence-electron chi connectivity index (χ2n) is 7.79. The molecule has 6 heteroatoms. The molecule has 1 N–H and O–H groups in total. The summed E-state index contributed by atoms with van der Waals surface area (Å²) in [6.45, 7) is 4.62. The molecule has 2 aromatic rings. The molecule has 2 atom stereocenters. The van der Waals surface area contributed by atoms with Crippen LogP contribution in [0.15, 0.2) is 48.7 Å². The lowest BCUT2D eigenvalue weighted by Crippen LogP contribution is -2.47. The summed E-state index contributed by atoms with van der Waals surface area (Å²) >= 11 is 0. The fraction of sp³-hybridized carbons (Fsp3) is 0.409. The van der Waals surface area contributed by atoms with E-state index in [-0.39, 0.29) is 23.8 Å². The van der Waals surface area contributed by atoms with Crippen molar-refractivity contribution in [3.8, 4) is 0 Å². The van der Waals surface area contributed by atoms with Crippen molar-refractivity contribution >= 4 is 17.5 Å². The number of aromatic nitrogens is 1. The molecule has 2 bridgehead atoms. The Hall–Kier alpha value is -2.73. The first-order valence-electron chi connectivity index (χ1n) is 9.88. The van der Waals surface area contributed by atoms with E-state index in [4.69, 9.17) is 0 Å². The summed E-state index contributed by atoms with van der Waals surface area (Å²) in [6, 6.07) is 14.1.